The third-order valence-electron chi connectivity index (χ3n) is 14.7. The molecule has 0 amide bonds. The van der Waals surface area contributed by atoms with Gasteiger partial charge in [-0.3, -0.25) is 0 Å². The van der Waals surface area contributed by atoms with E-state index in [4.69, 9.17) is 9.22 Å². The molecule has 0 radical (unpaired) electrons. The monoisotopic (exact) mass is 1260 g/mol. The Morgan fingerprint density at radius 3 is 0.692 bits per heavy atom. The van der Waals surface area contributed by atoms with Crippen molar-refractivity contribution < 1.29 is 23.6 Å². The van der Waals surface area contributed by atoms with Gasteiger partial charge in [-0.05, 0) is 38.5 Å². The smallest absolute Gasteiger partial charge is 0.0885 e. The van der Waals surface area contributed by atoms with E-state index >= 15 is 0 Å². The Morgan fingerprint density at radius 2 is 0.462 bits per heavy atom. The maximum atomic E-state index is 13.6. The quantitative estimate of drug-likeness (QED) is 0.0336. The number of hydrogen-bond donors (Lipinski definition) is 0. The normalized spacial score (nSPS) is 12.0. The van der Waals surface area contributed by atoms with E-state index in [0.29, 0.717) is 4.44 Å². The molecule has 0 unspecified atom stereocenters. The van der Waals surface area contributed by atoms with Crippen LogP contribution in [0, 0.1) is 0 Å². The van der Waals surface area contributed by atoms with Gasteiger partial charge >= 0.3 is 316 Å². The van der Waals surface area contributed by atoms with E-state index in [9.17, 15) is 14.4 Å². The van der Waals surface area contributed by atoms with Crippen LogP contribution in [0.2, 0.25) is 4.44 Å². The summed E-state index contributed by atoms with van der Waals surface area (Å²) >= 11 is -0.242. The van der Waals surface area contributed by atoms with Crippen molar-refractivity contribution in [2.24, 2.45) is 0 Å². The minimum Gasteiger partial charge on any atom is -0.0885 e. The van der Waals surface area contributed by atoms with Crippen molar-refractivity contribution in [1.29, 1.82) is 0 Å². The van der Waals surface area contributed by atoms with Crippen LogP contribution in [0.3, 0.4) is 0 Å². The van der Waals surface area contributed by atoms with E-state index in [1.165, 1.54) is 238 Å². The fraction of sp³-hybridized carbons (Fsp3) is 0.868. The summed E-state index contributed by atoms with van der Waals surface area (Å²) in [7, 11) is 0. The van der Waals surface area contributed by atoms with Gasteiger partial charge in [0.1, 0.15) is 0 Å². The number of allylic oxidation sites excluding steroid dienone is 6. The minimum absolute atomic E-state index is 0.185. The second kappa shape index (κ2) is 65.6. The molecule has 0 aromatic carbocycles. The summed E-state index contributed by atoms with van der Waals surface area (Å²) in [6.45, 7) is 9.04. The van der Waals surface area contributed by atoms with Gasteiger partial charge in [-0.25, -0.2) is 0 Å². The minimum atomic E-state index is -5.00. The van der Waals surface area contributed by atoms with Gasteiger partial charge in [0.2, 0.25) is 0 Å². The molecule has 458 valence electrons. The molecule has 0 saturated heterocycles. The van der Waals surface area contributed by atoms with Gasteiger partial charge in [-0.1, -0.05) is 154 Å². The summed E-state index contributed by atoms with van der Waals surface area (Å²) in [6, 6.07) is 0. The van der Waals surface area contributed by atoms with Crippen molar-refractivity contribution in [1.82, 2.24) is 0 Å². The van der Waals surface area contributed by atoms with Crippen molar-refractivity contribution in [3.8, 4) is 0 Å². The zero-order chi connectivity index (χ0) is 56.6. The number of unbranched alkanes of at least 4 members (excludes halogenated alkanes) is 41. The fourth-order valence-corrected chi connectivity index (χ4v) is 19.8. The van der Waals surface area contributed by atoms with Crippen LogP contribution in [-0.4, -0.2) is 72.0 Å². The predicted octanol–water partition coefficient (Wildman–Crippen LogP) is 23.2. The third kappa shape index (κ3) is 60.1. The van der Waals surface area contributed by atoms with E-state index in [1.54, 1.807) is 35.3 Å². The molecule has 0 aliphatic carbocycles. The Labute approximate surface area is 504 Å². The molecule has 0 bridgehead atoms. The van der Waals surface area contributed by atoms with E-state index in [2.05, 4.69) is 64.2 Å². The molecule has 6 nitrogen and oxygen atoms in total. The number of hydrogen-bond acceptors (Lipinski definition) is 9. The Morgan fingerprint density at radius 1 is 0.269 bits per heavy atom. The molecule has 0 rings (SSSR count). The molecule has 0 aliphatic heterocycles. The Bertz CT molecular complexity index is 1210. The average Bonchev–Trinajstić information content (AvgIpc) is 3.43. The Kier molecular flexibility index (Phi) is 65.2. The second-order valence-corrected chi connectivity index (χ2v) is 33.0. The summed E-state index contributed by atoms with van der Waals surface area (Å²) < 4.78 is 19.1. The van der Waals surface area contributed by atoms with Crippen molar-refractivity contribution in [2.45, 2.75) is 340 Å². The zero-order valence-corrected chi connectivity index (χ0v) is 57.3. The molecule has 78 heavy (non-hydrogen) atoms. The molecular weight excluding hydrogens is 1130 g/mol. The molecular formula is C68H128O6S3Sn. The molecule has 0 aromatic rings. The summed E-state index contributed by atoms with van der Waals surface area (Å²) in [5.41, 5.74) is 0. The first-order chi connectivity index (χ1) is 38.4. The molecule has 0 spiro atoms. The Balaban J connectivity index is 5.06. The van der Waals surface area contributed by atoms with E-state index in [0.717, 1.165) is 87.9 Å². The van der Waals surface area contributed by atoms with Crippen LogP contribution in [0.15, 0.2) is 36.5 Å². The predicted molar refractivity (Wildman–Crippen MR) is 353 cm³/mol. The first kappa shape index (κ1) is 77.5. The third-order valence-corrected chi connectivity index (χ3v) is 25.1. The van der Waals surface area contributed by atoms with Crippen LogP contribution in [0.5, 0.6) is 0 Å². The fourth-order valence-electron chi connectivity index (χ4n) is 9.77. The summed E-state index contributed by atoms with van der Waals surface area (Å²) in [5, 5.41) is 0. The SMILES string of the molecule is CCCCCCCC/C=C\CCCCCCCCSCC(=O)[O][Sn]([CH2]CCCCCCC)([O]C(=O)CSCCCCCCCC/C=C\CCCCCCCC)[O]C(=O)CSCCCCCCCC/C=C\CCCCCCCC. The molecule has 10 heteroatoms. The molecule has 0 aromatic heterocycles. The number of carbonyl (C=O) groups excluding carboxylic acids is 3. The van der Waals surface area contributed by atoms with Crippen LogP contribution in [0.25, 0.3) is 0 Å². The van der Waals surface area contributed by atoms with Crippen molar-refractivity contribution in [3.63, 3.8) is 0 Å². The molecule has 0 N–H and O–H groups in total. The van der Waals surface area contributed by atoms with Gasteiger partial charge in [0.15, 0.2) is 0 Å². The summed E-state index contributed by atoms with van der Waals surface area (Å²) in [4.78, 5) is 40.9. The topological polar surface area (TPSA) is 78.9 Å². The first-order valence-corrected chi connectivity index (χ1v) is 42.7. The summed E-state index contributed by atoms with van der Waals surface area (Å²) in [6.07, 6.45) is 74.1. The number of thioether (sulfide) groups is 3. The van der Waals surface area contributed by atoms with Crippen LogP contribution in [-0.2, 0) is 23.6 Å². The van der Waals surface area contributed by atoms with Crippen LogP contribution < -0.4 is 0 Å². The molecule has 0 heterocycles. The van der Waals surface area contributed by atoms with Crippen LogP contribution in [0.1, 0.15) is 336 Å². The van der Waals surface area contributed by atoms with Gasteiger partial charge in [0.25, 0.3) is 0 Å². The van der Waals surface area contributed by atoms with Gasteiger partial charge < -0.3 is 0 Å². The molecule has 0 atom stereocenters. The van der Waals surface area contributed by atoms with Gasteiger partial charge in [-0.2, -0.15) is 0 Å². The number of rotatable bonds is 64. The average molecular weight is 1260 g/mol. The standard InChI is InChI=1S/3C20H38O2S.C8H17.Sn/c3*1-2-3-4-5-6-7-8-9-10-11-12-13-14-15-16-17-18-23-19-20(21)22;1-3-5-7-8-6-4-2;/h3*9-10H,2-8,11-19H2,1H3,(H,21,22);1,3-8H2,2H3;/q;;;;+3/p-3/b3*10-9-;;. The maximum absolute atomic E-state index is 13.6. The zero-order valence-electron chi connectivity index (χ0n) is 52.0. The van der Waals surface area contributed by atoms with Gasteiger partial charge in [0.05, 0.1) is 0 Å². The van der Waals surface area contributed by atoms with Crippen LogP contribution in [0.4, 0.5) is 0 Å². The number of carbonyl (C=O) groups is 3. The van der Waals surface area contributed by atoms with Gasteiger partial charge in [0, 0.05) is 0 Å². The van der Waals surface area contributed by atoms with Crippen molar-refractivity contribution in [3.05, 3.63) is 36.5 Å². The van der Waals surface area contributed by atoms with Gasteiger partial charge in [-0.15, -0.1) is 0 Å². The Hall–Kier alpha value is -0.521. The first-order valence-electron chi connectivity index (χ1n) is 33.8. The van der Waals surface area contributed by atoms with Crippen molar-refractivity contribution >= 4 is 72.8 Å². The molecule has 0 fully saturated rings. The summed E-state index contributed by atoms with van der Waals surface area (Å²) in [5.74, 6) is 2.01. The molecule has 0 saturated carbocycles. The second-order valence-electron chi connectivity index (χ2n) is 22.6. The van der Waals surface area contributed by atoms with E-state index in [1.807, 2.05) is 0 Å². The van der Waals surface area contributed by atoms with Crippen LogP contribution >= 0.6 is 35.3 Å². The van der Waals surface area contributed by atoms with E-state index in [-0.39, 0.29) is 17.3 Å². The van der Waals surface area contributed by atoms with Crippen molar-refractivity contribution in [2.75, 3.05) is 34.5 Å². The van der Waals surface area contributed by atoms with E-state index < -0.39 is 37.5 Å². The molecule has 0 aliphatic rings.